The summed E-state index contributed by atoms with van der Waals surface area (Å²) in [5.41, 5.74) is 4.18. The molecule has 2 aliphatic rings. The molecule has 186 valence electrons. The van der Waals surface area contributed by atoms with Crippen molar-refractivity contribution < 1.29 is 19.1 Å². The van der Waals surface area contributed by atoms with E-state index in [1.807, 2.05) is 49.4 Å². The Labute approximate surface area is 210 Å². The van der Waals surface area contributed by atoms with E-state index in [1.165, 1.54) is 0 Å². The fraction of sp³-hybridized carbons (Fsp3) is 0.321. The van der Waals surface area contributed by atoms with Gasteiger partial charge >= 0.3 is 0 Å². The molecule has 1 atom stereocenters. The summed E-state index contributed by atoms with van der Waals surface area (Å²) in [4.78, 5) is 26.8. The summed E-state index contributed by atoms with van der Waals surface area (Å²) >= 11 is 0. The number of nitrogens with one attached hydrogen (secondary N) is 2. The van der Waals surface area contributed by atoms with Crippen molar-refractivity contribution in [3.63, 3.8) is 0 Å². The van der Waals surface area contributed by atoms with Gasteiger partial charge in [-0.25, -0.2) is 4.68 Å². The van der Waals surface area contributed by atoms with Gasteiger partial charge in [-0.05, 0) is 49.1 Å². The minimum absolute atomic E-state index is 0.0513. The molecule has 0 fully saturated rings. The van der Waals surface area contributed by atoms with E-state index in [-0.39, 0.29) is 17.1 Å². The summed E-state index contributed by atoms with van der Waals surface area (Å²) in [5, 5.41) is 11.0. The Kier molecular flexibility index (Phi) is 5.82. The van der Waals surface area contributed by atoms with Gasteiger partial charge in [-0.2, -0.15) is 5.10 Å². The number of ether oxygens (including phenoxy) is 2. The molecule has 2 N–H and O–H groups in total. The maximum atomic E-state index is 13.5. The smallest absolute Gasteiger partial charge is 0.261 e. The maximum absolute atomic E-state index is 13.5. The van der Waals surface area contributed by atoms with Crippen molar-refractivity contribution in [3.05, 3.63) is 76.6 Å². The van der Waals surface area contributed by atoms with Crippen LogP contribution < -0.4 is 20.1 Å². The van der Waals surface area contributed by atoms with E-state index in [4.69, 9.17) is 9.47 Å². The molecule has 0 spiro atoms. The van der Waals surface area contributed by atoms with E-state index in [9.17, 15) is 9.59 Å². The van der Waals surface area contributed by atoms with Gasteiger partial charge < -0.3 is 20.1 Å². The molecule has 1 aliphatic carbocycles. The van der Waals surface area contributed by atoms with E-state index in [0.29, 0.717) is 47.0 Å². The van der Waals surface area contributed by atoms with Gasteiger partial charge in [0.2, 0.25) is 0 Å². The summed E-state index contributed by atoms with van der Waals surface area (Å²) in [6, 6.07) is 12.6. The van der Waals surface area contributed by atoms with Crippen molar-refractivity contribution in [1.82, 2.24) is 9.78 Å². The van der Waals surface area contributed by atoms with Gasteiger partial charge in [-0.1, -0.05) is 31.5 Å². The predicted octanol–water partition coefficient (Wildman–Crippen LogP) is 5.12. The highest BCUT2D eigenvalue weighted by molar-refractivity contribution is 6.08. The normalized spacial score (nSPS) is 18.1. The van der Waals surface area contributed by atoms with Gasteiger partial charge in [0.15, 0.2) is 5.78 Å². The Hall–Kier alpha value is -4.07. The van der Waals surface area contributed by atoms with E-state index < -0.39 is 6.04 Å². The Balaban J connectivity index is 1.64. The number of anilines is 2. The topological polar surface area (TPSA) is 94.5 Å². The van der Waals surface area contributed by atoms with E-state index in [1.54, 1.807) is 25.1 Å². The Bertz CT molecular complexity index is 1390. The van der Waals surface area contributed by atoms with Crippen LogP contribution in [-0.2, 0) is 4.79 Å². The standard InChI is InChI=1S/C28H30N4O4/c1-16-6-8-17(9-7-16)30-27(34)20-15-29-32-25(19-12-18(35-4)10-11-23(19)36-5)24-21(31-26(20)32)13-28(2,3)14-22(24)33/h6-12,15,25,31H,13-14H2,1-5H3,(H,30,34)/t25-/m1/s1. The van der Waals surface area contributed by atoms with Crippen LogP contribution in [0.25, 0.3) is 0 Å². The quantitative estimate of drug-likeness (QED) is 0.520. The molecular formula is C28H30N4O4. The fourth-order valence-corrected chi connectivity index (χ4v) is 5.05. The summed E-state index contributed by atoms with van der Waals surface area (Å²) in [6.07, 6.45) is 2.63. The van der Waals surface area contributed by atoms with Gasteiger partial charge in [0.25, 0.3) is 5.91 Å². The van der Waals surface area contributed by atoms with Gasteiger partial charge in [-0.15, -0.1) is 0 Å². The molecular weight excluding hydrogens is 456 g/mol. The number of allylic oxidation sites excluding steroid dienone is 2. The van der Waals surface area contributed by atoms with Crippen LogP contribution in [-0.4, -0.2) is 35.7 Å². The number of amides is 1. The van der Waals surface area contributed by atoms with Crippen LogP contribution in [0.5, 0.6) is 11.5 Å². The van der Waals surface area contributed by atoms with Crippen LogP contribution in [0.2, 0.25) is 0 Å². The Morgan fingerprint density at radius 3 is 2.56 bits per heavy atom. The second kappa shape index (κ2) is 8.86. The number of methoxy groups -OCH3 is 2. The van der Waals surface area contributed by atoms with Crippen molar-refractivity contribution in [2.24, 2.45) is 5.41 Å². The first-order valence-corrected chi connectivity index (χ1v) is 11.9. The minimum Gasteiger partial charge on any atom is -0.497 e. The van der Waals surface area contributed by atoms with E-state index in [0.717, 1.165) is 16.8 Å². The number of Topliss-reactive ketones (excluding diaryl/α,β-unsaturated/α-hetero) is 1. The number of aryl methyl sites for hydroxylation is 1. The fourth-order valence-electron chi connectivity index (χ4n) is 5.05. The van der Waals surface area contributed by atoms with Crippen LogP contribution in [0.3, 0.4) is 0 Å². The summed E-state index contributed by atoms with van der Waals surface area (Å²) in [7, 11) is 3.19. The third-order valence-electron chi connectivity index (χ3n) is 6.79. The van der Waals surface area contributed by atoms with Crippen molar-refractivity contribution in [1.29, 1.82) is 0 Å². The van der Waals surface area contributed by atoms with Crippen LogP contribution in [0, 0.1) is 12.3 Å². The highest BCUT2D eigenvalue weighted by Gasteiger charge is 2.43. The average molecular weight is 487 g/mol. The molecule has 3 aromatic rings. The third kappa shape index (κ3) is 4.12. The van der Waals surface area contributed by atoms with Gasteiger partial charge in [-0.3, -0.25) is 9.59 Å². The molecule has 0 saturated heterocycles. The number of carbonyl (C=O) groups is 2. The lowest BCUT2D eigenvalue weighted by Crippen LogP contribution is -2.37. The number of carbonyl (C=O) groups excluding carboxylic acids is 2. The number of hydrogen-bond donors (Lipinski definition) is 2. The first-order chi connectivity index (χ1) is 17.2. The zero-order chi connectivity index (χ0) is 25.6. The van der Waals surface area contributed by atoms with Crippen molar-refractivity contribution in [2.75, 3.05) is 24.9 Å². The molecule has 1 aromatic heterocycles. The average Bonchev–Trinajstić information content (AvgIpc) is 3.26. The molecule has 1 aliphatic heterocycles. The van der Waals surface area contributed by atoms with E-state index in [2.05, 4.69) is 29.6 Å². The molecule has 0 saturated carbocycles. The first kappa shape index (κ1) is 23.7. The second-order valence-corrected chi connectivity index (χ2v) is 10.1. The summed E-state index contributed by atoms with van der Waals surface area (Å²) in [5.74, 6) is 1.56. The summed E-state index contributed by atoms with van der Waals surface area (Å²) in [6.45, 7) is 6.15. The number of rotatable bonds is 5. The van der Waals surface area contributed by atoms with Crippen molar-refractivity contribution in [3.8, 4) is 11.5 Å². The minimum atomic E-state index is -0.564. The zero-order valence-electron chi connectivity index (χ0n) is 21.1. The number of ketones is 1. The van der Waals surface area contributed by atoms with Crippen LogP contribution in [0.15, 0.2) is 59.9 Å². The molecule has 8 nitrogen and oxygen atoms in total. The molecule has 2 heterocycles. The molecule has 0 bridgehead atoms. The van der Waals surface area contributed by atoms with Gasteiger partial charge in [0.1, 0.15) is 28.9 Å². The molecule has 0 unspecified atom stereocenters. The molecule has 8 heteroatoms. The lowest BCUT2D eigenvalue weighted by atomic mass is 9.73. The molecule has 5 rings (SSSR count). The van der Waals surface area contributed by atoms with Crippen molar-refractivity contribution >= 4 is 23.2 Å². The number of nitrogens with zero attached hydrogens (tertiary/aromatic N) is 2. The van der Waals surface area contributed by atoms with Gasteiger partial charge in [0.05, 0.1) is 20.4 Å². The van der Waals surface area contributed by atoms with Gasteiger partial charge in [0, 0.05) is 28.9 Å². The molecule has 36 heavy (non-hydrogen) atoms. The van der Waals surface area contributed by atoms with Crippen LogP contribution in [0.4, 0.5) is 11.5 Å². The molecule has 1 amide bonds. The Morgan fingerprint density at radius 2 is 1.86 bits per heavy atom. The highest BCUT2D eigenvalue weighted by Crippen LogP contribution is 2.48. The van der Waals surface area contributed by atoms with Crippen LogP contribution >= 0.6 is 0 Å². The van der Waals surface area contributed by atoms with Crippen LogP contribution in [0.1, 0.15) is 54.2 Å². The third-order valence-corrected chi connectivity index (χ3v) is 6.79. The number of benzene rings is 2. The Morgan fingerprint density at radius 1 is 1.11 bits per heavy atom. The number of fused-ring (bicyclic) bond motifs is 1. The highest BCUT2D eigenvalue weighted by atomic mass is 16.5. The first-order valence-electron chi connectivity index (χ1n) is 11.9. The van der Waals surface area contributed by atoms with E-state index >= 15 is 0 Å². The number of aromatic nitrogens is 2. The monoisotopic (exact) mass is 486 g/mol. The zero-order valence-corrected chi connectivity index (χ0v) is 21.1. The van der Waals surface area contributed by atoms with Crippen molar-refractivity contribution in [2.45, 2.75) is 39.7 Å². The maximum Gasteiger partial charge on any atom is 0.261 e. The summed E-state index contributed by atoms with van der Waals surface area (Å²) < 4.78 is 12.9. The predicted molar refractivity (Wildman–Crippen MR) is 138 cm³/mol. The largest absolute Gasteiger partial charge is 0.497 e. The molecule has 2 aromatic carbocycles. The second-order valence-electron chi connectivity index (χ2n) is 10.1. The molecule has 0 radical (unpaired) electrons. The lowest BCUT2D eigenvalue weighted by Gasteiger charge is -2.39. The SMILES string of the molecule is COc1ccc(OC)c([C@@H]2C3=C(CC(C)(C)CC3=O)Nc3c(C(=O)Nc4ccc(C)cc4)cnn32)c1. The lowest BCUT2D eigenvalue weighted by molar-refractivity contribution is -0.118. The number of hydrogen-bond acceptors (Lipinski definition) is 6.